The second-order valence-corrected chi connectivity index (χ2v) is 8.00. The maximum atomic E-state index is 13.0. The van der Waals surface area contributed by atoms with E-state index in [0.717, 1.165) is 13.1 Å². The molecule has 4 rings (SSSR count). The molecular weight excluding hydrogens is 398 g/mol. The summed E-state index contributed by atoms with van der Waals surface area (Å²) in [5.41, 5.74) is 0.506. The summed E-state index contributed by atoms with van der Waals surface area (Å²) in [6.45, 7) is 5.25. The highest BCUT2D eigenvalue weighted by Crippen LogP contribution is 2.41. The van der Waals surface area contributed by atoms with Gasteiger partial charge in [0.05, 0.1) is 28.4 Å². The average Bonchev–Trinajstić information content (AvgIpc) is 2.67. The van der Waals surface area contributed by atoms with Gasteiger partial charge < -0.3 is 19.7 Å². The third-order valence-electron chi connectivity index (χ3n) is 5.81. The first-order valence-electron chi connectivity index (χ1n) is 9.59. The molecule has 154 valence electrons. The number of anilines is 1. The molecule has 1 saturated heterocycles. The third kappa shape index (κ3) is 3.21. The zero-order valence-corrected chi connectivity index (χ0v) is 16.8. The number of aliphatic hydroxyl groups excluding tert-OH is 1. The number of aromatic carboxylic acids is 1. The Morgan fingerprint density at radius 2 is 1.93 bits per heavy atom. The van der Waals surface area contributed by atoms with Gasteiger partial charge in [0.2, 0.25) is 5.43 Å². The number of benzene rings is 1. The minimum absolute atomic E-state index is 0.0938. The highest BCUT2D eigenvalue weighted by molar-refractivity contribution is 6.36. The molecule has 2 aromatic rings. The summed E-state index contributed by atoms with van der Waals surface area (Å²) in [6.07, 6.45) is 1.55. The summed E-state index contributed by atoms with van der Waals surface area (Å²) >= 11 is 6.56. The van der Waals surface area contributed by atoms with Crippen molar-refractivity contribution < 1.29 is 19.8 Å². The molecule has 2 N–H and O–H groups in total. The van der Waals surface area contributed by atoms with E-state index in [-0.39, 0.29) is 40.8 Å². The molecule has 0 radical (unpaired) electrons. The number of hydrogen-bond acceptors (Lipinski definition) is 6. The molecular formula is C20H22ClN3O5. The number of pyridine rings is 1. The number of rotatable bonds is 4. The smallest absolute Gasteiger partial charge is 0.341 e. The predicted octanol–water partition coefficient (Wildman–Crippen LogP) is 1.61. The first-order chi connectivity index (χ1) is 13.8. The molecule has 0 aliphatic carbocycles. The quantitative estimate of drug-likeness (QED) is 0.776. The second kappa shape index (κ2) is 7.44. The van der Waals surface area contributed by atoms with Crippen LogP contribution in [0.4, 0.5) is 5.69 Å². The monoisotopic (exact) mass is 419 g/mol. The van der Waals surface area contributed by atoms with Gasteiger partial charge in [-0.1, -0.05) is 11.6 Å². The highest BCUT2D eigenvalue weighted by Gasteiger charge is 2.33. The standard InChI is InChI=1S/C20H22ClN3O5/c1-11-8-15(26)16-17-12(19(27)13(20(28)29)10-24(11)17)9-14(21)18(16)23-4-2-22(3-5-23)6-7-25/h9-11,25H,2-8H2,1H3,(H,28,29). The molecule has 9 heteroatoms. The molecule has 2 aliphatic rings. The molecule has 1 aromatic carbocycles. The van der Waals surface area contributed by atoms with Crippen LogP contribution >= 0.6 is 11.6 Å². The summed E-state index contributed by atoms with van der Waals surface area (Å²) in [5, 5.41) is 19.0. The molecule has 0 spiro atoms. The van der Waals surface area contributed by atoms with Gasteiger partial charge in [-0.3, -0.25) is 14.5 Å². The summed E-state index contributed by atoms with van der Waals surface area (Å²) in [6, 6.07) is 1.23. The van der Waals surface area contributed by atoms with Gasteiger partial charge in [0, 0.05) is 56.8 Å². The van der Waals surface area contributed by atoms with Crippen molar-refractivity contribution in [1.29, 1.82) is 0 Å². The third-order valence-corrected chi connectivity index (χ3v) is 6.10. The van der Waals surface area contributed by atoms with Crippen LogP contribution in [-0.2, 0) is 0 Å². The Morgan fingerprint density at radius 1 is 1.24 bits per heavy atom. The summed E-state index contributed by atoms with van der Waals surface area (Å²) < 4.78 is 1.72. The lowest BCUT2D eigenvalue weighted by Gasteiger charge is -2.38. The molecule has 1 aromatic heterocycles. The van der Waals surface area contributed by atoms with Crippen molar-refractivity contribution in [3.05, 3.63) is 38.6 Å². The van der Waals surface area contributed by atoms with Crippen molar-refractivity contribution in [3.8, 4) is 0 Å². The van der Waals surface area contributed by atoms with Crippen LogP contribution in [0.15, 0.2) is 17.1 Å². The van der Waals surface area contributed by atoms with Crippen LogP contribution in [0.3, 0.4) is 0 Å². The first kappa shape index (κ1) is 19.9. The lowest BCUT2D eigenvalue weighted by molar-refractivity contribution is 0.0694. The minimum Gasteiger partial charge on any atom is -0.477 e. The van der Waals surface area contributed by atoms with Crippen molar-refractivity contribution in [2.24, 2.45) is 0 Å². The van der Waals surface area contributed by atoms with Crippen LogP contribution in [0.2, 0.25) is 5.02 Å². The number of nitrogens with zero attached hydrogens (tertiary/aromatic N) is 3. The van der Waals surface area contributed by atoms with Crippen molar-refractivity contribution in [3.63, 3.8) is 0 Å². The van der Waals surface area contributed by atoms with Crippen LogP contribution in [0, 0.1) is 0 Å². The molecule has 0 bridgehead atoms. The van der Waals surface area contributed by atoms with Gasteiger partial charge in [0.1, 0.15) is 5.56 Å². The van der Waals surface area contributed by atoms with Gasteiger partial charge in [-0.2, -0.15) is 0 Å². The summed E-state index contributed by atoms with van der Waals surface area (Å²) in [4.78, 5) is 41.5. The number of piperazine rings is 1. The van der Waals surface area contributed by atoms with Crippen molar-refractivity contribution in [2.75, 3.05) is 44.2 Å². The van der Waals surface area contributed by atoms with E-state index in [0.29, 0.717) is 36.4 Å². The van der Waals surface area contributed by atoms with E-state index in [1.807, 2.05) is 11.8 Å². The van der Waals surface area contributed by atoms with Crippen LogP contribution in [0.5, 0.6) is 0 Å². The Labute approximate surface area is 171 Å². The number of halogens is 1. The van der Waals surface area contributed by atoms with Crippen LogP contribution < -0.4 is 10.3 Å². The highest BCUT2D eigenvalue weighted by atomic mass is 35.5. The van der Waals surface area contributed by atoms with E-state index >= 15 is 0 Å². The van der Waals surface area contributed by atoms with E-state index in [1.165, 1.54) is 12.3 Å². The van der Waals surface area contributed by atoms with Crippen LogP contribution in [0.1, 0.15) is 40.1 Å². The fourth-order valence-electron chi connectivity index (χ4n) is 4.36. The molecule has 1 atom stereocenters. The van der Waals surface area contributed by atoms with E-state index in [1.54, 1.807) is 4.57 Å². The predicted molar refractivity (Wildman–Crippen MR) is 110 cm³/mol. The lowest BCUT2D eigenvalue weighted by Crippen LogP contribution is -2.47. The lowest BCUT2D eigenvalue weighted by atomic mass is 9.92. The van der Waals surface area contributed by atoms with Gasteiger partial charge in [-0.15, -0.1) is 0 Å². The molecule has 1 unspecified atom stereocenters. The van der Waals surface area contributed by atoms with E-state index in [2.05, 4.69) is 4.90 Å². The molecule has 3 heterocycles. The number of hydrogen-bond donors (Lipinski definition) is 2. The Kier molecular flexibility index (Phi) is 5.10. The van der Waals surface area contributed by atoms with Crippen molar-refractivity contribution in [1.82, 2.24) is 9.47 Å². The number of carboxylic acids is 1. The molecule has 1 fully saturated rings. The fraction of sp³-hybridized carbons (Fsp3) is 0.450. The van der Waals surface area contributed by atoms with Gasteiger partial charge in [0.15, 0.2) is 5.78 Å². The average molecular weight is 420 g/mol. The Bertz CT molecular complexity index is 1070. The van der Waals surface area contributed by atoms with Crippen LogP contribution in [-0.4, -0.2) is 70.8 Å². The van der Waals surface area contributed by atoms with Crippen molar-refractivity contribution in [2.45, 2.75) is 19.4 Å². The van der Waals surface area contributed by atoms with Gasteiger partial charge in [-0.05, 0) is 13.0 Å². The summed E-state index contributed by atoms with van der Waals surface area (Å²) in [7, 11) is 0. The number of carboxylic acid groups (broad SMARTS) is 1. The zero-order chi connectivity index (χ0) is 20.9. The largest absolute Gasteiger partial charge is 0.477 e. The number of carbonyl (C=O) groups excluding carboxylic acids is 1. The maximum absolute atomic E-state index is 13.0. The van der Waals surface area contributed by atoms with E-state index in [9.17, 15) is 19.5 Å². The number of aliphatic hydroxyl groups is 1. The molecule has 29 heavy (non-hydrogen) atoms. The number of aromatic nitrogens is 1. The van der Waals surface area contributed by atoms with E-state index < -0.39 is 11.4 Å². The van der Waals surface area contributed by atoms with Gasteiger partial charge in [0.25, 0.3) is 0 Å². The molecule has 0 amide bonds. The van der Waals surface area contributed by atoms with E-state index in [4.69, 9.17) is 16.7 Å². The maximum Gasteiger partial charge on any atom is 0.341 e. The molecule has 2 aliphatic heterocycles. The first-order valence-corrected chi connectivity index (χ1v) is 9.97. The Hall–Kier alpha value is -2.42. The Morgan fingerprint density at radius 3 is 2.55 bits per heavy atom. The Balaban J connectivity index is 1.93. The fourth-order valence-corrected chi connectivity index (χ4v) is 4.68. The number of Topliss-reactive ketones (excluding diaryl/α,β-unsaturated/α-hetero) is 1. The SMILES string of the molecule is CC1CC(=O)c2c(N3CCN(CCO)CC3)c(Cl)cc3c(=O)c(C(=O)O)cn1c23. The minimum atomic E-state index is -1.30. The number of carbonyl (C=O) groups is 2. The van der Waals surface area contributed by atoms with Gasteiger partial charge in [-0.25, -0.2) is 4.79 Å². The summed E-state index contributed by atoms with van der Waals surface area (Å²) in [5.74, 6) is -1.40. The van der Waals surface area contributed by atoms with Crippen molar-refractivity contribution >= 4 is 39.9 Å². The normalized spacial score (nSPS) is 19.8. The molecule has 8 nitrogen and oxygen atoms in total. The number of β-amino-alcohol motifs (C(OH)–C–C–N with tert-alkyl or cyclic N) is 1. The second-order valence-electron chi connectivity index (χ2n) is 7.59. The number of ketones is 1. The topological polar surface area (TPSA) is 103 Å². The molecule has 0 saturated carbocycles. The van der Waals surface area contributed by atoms with Gasteiger partial charge >= 0.3 is 5.97 Å². The zero-order valence-electron chi connectivity index (χ0n) is 16.0. The van der Waals surface area contributed by atoms with Crippen LogP contribution in [0.25, 0.3) is 10.9 Å².